The Morgan fingerprint density at radius 2 is 2.24 bits per heavy atom. The van der Waals surface area contributed by atoms with Crippen molar-refractivity contribution in [1.82, 2.24) is 15.5 Å². The van der Waals surface area contributed by atoms with E-state index in [-0.39, 0.29) is 5.82 Å². The highest BCUT2D eigenvalue weighted by molar-refractivity contribution is 5.55. The van der Waals surface area contributed by atoms with Gasteiger partial charge in [-0.1, -0.05) is 5.16 Å². The normalized spacial score (nSPS) is 19.4. The average molecular weight is 289 g/mol. The Morgan fingerprint density at radius 1 is 1.33 bits per heavy atom. The van der Waals surface area contributed by atoms with Gasteiger partial charge in [0.2, 0.25) is 11.7 Å². The summed E-state index contributed by atoms with van der Waals surface area (Å²) in [6.45, 7) is 3.89. The average Bonchev–Trinajstić information content (AvgIpc) is 2.78. The molecule has 112 valence electrons. The lowest BCUT2D eigenvalue weighted by molar-refractivity contribution is 0.341. The Labute approximate surface area is 123 Å². The summed E-state index contributed by atoms with van der Waals surface area (Å²) in [6, 6.07) is 4.88. The van der Waals surface area contributed by atoms with Crippen LogP contribution in [0.15, 0.2) is 22.7 Å². The molecule has 1 fully saturated rings. The second-order valence-electron chi connectivity index (χ2n) is 5.73. The highest BCUT2D eigenvalue weighted by atomic mass is 19.1. The summed E-state index contributed by atoms with van der Waals surface area (Å²) in [5.41, 5.74) is 1.39. The lowest BCUT2D eigenvalue weighted by Crippen LogP contribution is -2.14. The van der Waals surface area contributed by atoms with Crippen molar-refractivity contribution in [3.8, 4) is 11.4 Å². The molecule has 5 heteroatoms. The number of nitrogens with zero attached hydrogens (tertiary/aromatic N) is 2. The van der Waals surface area contributed by atoms with Crippen LogP contribution < -0.4 is 5.32 Å². The minimum absolute atomic E-state index is 0.214. The molecule has 0 aliphatic carbocycles. The highest BCUT2D eigenvalue weighted by Crippen LogP contribution is 2.22. The third-order valence-corrected chi connectivity index (χ3v) is 4.04. The summed E-state index contributed by atoms with van der Waals surface area (Å²) in [5.74, 6) is 1.61. The third kappa shape index (κ3) is 3.47. The Balaban J connectivity index is 1.71. The SMILES string of the molecule is Cc1cc(-c2noc(CC3CCCNCC3)n2)ccc1F. The van der Waals surface area contributed by atoms with Crippen LogP contribution in [0.3, 0.4) is 0 Å². The Hall–Kier alpha value is -1.75. The lowest BCUT2D eigenvalue weighted by atomic mass is 9.97. The van der Waals surface area contributed by atoms with Gasteiger partial charge < -0.3 is 9.84 Å². The fourth-order valence-corrected chi connectivity index (χ4v) is 2.78. The van der Waals surface area contributed by atoms with E-state index >= 15 is 0 Å². The number of aromatic nitrogens is 2. The van der Waals surface area contributed by atoms with Crippen molar-refractivity contribution in [1.29, 1.82) is 0 Å². The molecule has 2 aromatic rings. The number of aryl methyl sites for hydroxylation is 1. The molecule has 2 heterocycles. The van der Waals surface area contributed by atoms with E-state index in [4.69, 9.17) is 4.52 Å². The van der Waals surface area contributed by atoms with E-state index in [1.165, 1.54) is 18.9 Å². The molecular formula is C16H20FN3O. The molecule has 1 aromatic carbocycles. The summed E-state index contributed by atoms with van der Waals surface area (Å²) < 4.78 is 18.7. The zero-order valence-corrected chi connectivity index (χ0v) is 12.2. The number of benzene rings is 1. The molecule has 0 amide bonds. The molecule has 1 aromatic heterocycles. The van der Waals surface area contributed by atoms with Gasteiger partial charge in [-0.15, -0.1) is 0 Å². The monoisotopic (exact) mass is 289 g/mol. The van der Waals surface area contributed by atoms with Crippen LogP contribution in [0.2, 0.25) is 0 Å². The number of hydrogen-bond acceptors (Lipinski definition) is 4. The molecule has 1 unspecified atom stereocenters. The fourth-order valence-electron chi connectivity index (χ4n) is 2.78. The first-order valence-electron chi connectivity index (χ1n) is 7.52. The number of hydrogen-bond donors (Lipinski definition) is 1. The van der Waals surface area contributed by atoms with Gasteiger partial charge in [-0.05, 0) is 69.0 Å². The molecule has 1 aliphatic rings. The Kier molecular flexibility index (Phi) is 4.29. The second-order valence-corrected chi connectivity index (χ2v) is 5.73. The molecule has 1 saturated heterocycles. The van der Waals surface area contributed by atoms with E-state index in [0.717, 1.165) is 31.5 Å². The molecule has 1 atom stereocenters. The van der Waals surface area contributed by atoms with Gasteiger partial charge in [0.25, 0.3) is 0 Å². The van der Waals surface area contributed by atoms with Crippen LogP contribution in [0.4, 0.5) is 4.39 Å². The van der Waals surface area contributed by atoms with Crippen LogP contribution in [-0.2, 0) is 6.42 Å². The standard InChI is InChI=1S/C16H20FN3O/c1-11-9-13(4-5-14(11)17)16-19-15(21-20-16)10-12-3-2-7-18-8-6-12/h4-5,9,12,18H,2-3,6-8,10H2,1H3. The van der Waals surface area contributed by atoms with E-state index < -0.39 is 0 Å². The predicted molar refractivity (Wildman–Crippen MR) is 78.3 cm³/mol. The molecule has 4 nitrogen and oxygen atoms in total. The van der Waals surface area contributed by atoms with Crippen LogP contribution in [0.25, 0.3) is 11.4 Å². The van der Waals surface area contributed by atoms with Crippen molar-refractivity contribution >= 4 is 0 Å². The molecule has 21 heavy (non-hydrogen) atoms. The summed E-state index contributed by atoms with van der Waals surface area (Å²) >= 11 is 0. The van der Waals surface area contributed by atoms with Crippen LogP contribution in [0, 0.1) is 18.7 Å². The molecule has 1 aliphatic heterocycles. The summed E-state index contributed by atoms with van der Waals surface area (Å²) in [6.07, 6.45) is 4.37. The second kappa shape index (κ2) is 6.35. The van der Waals surface area contributed by atoms with Gasteiger partial charge in [0.15, 0.2) is 0 Å². The van der Waals surface area contributed by atoms with Crippen molar-refractivity contribution in [2.24, 2.45) is 5.92 Å². The van der Waals surface area contributed by atoms with E-state index in [1.54, 1.807) is 19.1 Å². The first-order chi connectivity index (χ1) is 10.2. The first kappa shape index (κ1) is 14.2. The van der Waals surface area contributed by atoms with Gasteiger partial charge in [-0.3, -0.25) is 0 Å². The molecular weight excluding hydrogens is 269 g/mol. The van der Waals surface area contributed by atoms with E-state index in [1.807, 2.05) is 0 Å². The summed E-state index contributed by atoms with van der Waals surface area (Å²) in [7, 11) is 0. The third-order valence-electron chi connectivity index (χ3n) is 4.04. The van der Waals surface area contributed by atoms with Crippen LogP contribution >= 0.6 is 0 Å². The smallest absolute Gasteiger partial charge is 0.227 e. The highest BCUT2D eigenvalue weighted by Gasteiger charge is 2.17. The zero-order chi connectivity index (χ0) is 14.7. The maximum atomic E-state index is 13.3. The molecule has 1 N–H and O–H groups in total. The number of rotatable bonds is 3. The largest absolute Gasteiger partial charge is 0.339 e. The van der Waals surface area contributed by atoms with Crippen molar-refractivity contribution in [2.75, 3.05) is 13.1 Å². The van der Waals surface area contributed by atoms with E-state index in [2.05, 4.69) is 15.5 Å². The zero-order valence-electron chi connectivity index (χ0n) is 12.2. The molecule has 0 saturated carbocycles. The molecule has 0 radical (unpaired) electrons. The van der Waals surface area contributed by atoms with Crippen LogP contribution in [-0.4, -0.2) is 23.2 Å². The van der Waals surface area contributed by atoms with Crippen molar-refractivity contribution in [2.45, 2.75) is 32.6 Å². The van der Waals surface area contributed by atoms with Gasteiger partial charge >= 0.3 is 0 Å². The van der Waals surface area contributed by atoms with Crippen molar-refractivity contribution < 1.29 is 8.91 Å². The minimum atomic E-state index is -0.214. The first-order valence-corrected chi connectivity index (χ1v) is 7.52. The maximum absolute atomic E-state index is 13.3. The van der Waals surface area contributed by atoms with Crippen LogP contribution in [0.1, 0.15) is 30.7 Å². The number of halogens is 1. The predicted octanol–water partition coefficient (Wildman–Crippen LogP) is 3.12. The quantitative estimate of drug-likeness (QED) is 0.943. The van der Waals surface area contributed by atoms with Gasteiger partial charge in [-0.25, -0.2) is 4.39 Å². The summed E-state index contributed by atoms with van der Waals surface area (Å²) in [4.78, 5) is 4.46. The lowest BCUT2D eigenvalue weighted by Gasteiger charge is -2.09. The van der Waals surface area contributed by atoms with Gasteiger partial charge in [-0.2, -0.15) is 4.98 Å². The number of nitrogens with one attached hydrogen (secondary N) is 1. The molecule has 0 spiro atoms. The van der Waals surface area contributed by atoms with Gasteiger partial charge in [0.1, 0.15) is 5.82 Å². The fraction of sp³-hybridized carbons (Fsp3) is 0.500. The van der Waals surface area contributed by atoms with Gasteiger partial charge in [0.05, 0.1) is 0 Å². The van der Waals surface area contributed by atoms with Crippen molar-refractivity contribution in [3.05, 3.63) is 35.5 Å². The van der Waals surface area contributed by atoms with Crippen LogP contribution in [0.5, 0.6) is 0 Å². The maximum Gasteiger partial charge on any atom is 0.227 e. The van der Waals surface area contributed by atoms with E-state index in [9.17, 15) is 4.39 Å². The molecule has 0 bridgehead atoms. The molecule has 3 rings (SSSR count). The Morgan fingerprint density at radius 3 is 3.10 bits per heavy atom. The Bertz CT molecular complexity index is 603. The van der Waals surface area contributed by atoms with Gasteiger partial charge in [0, 0.05) is 12.0 Å². The minimum Gasteiger partial charge on any atom is -0.339 e. The van der Waals surface area contributed by atoms with Crippen molar-refractivity contribution in [3.63, 3.8) is 0 Å². The summed E-state index contributed by atoms with van der Waals surface area (Å²) in [5, 5.41) is 7.43. The topological polar surface area (TPSA) is 51.0 Å². The van der Waals surface area contributed by atoms with E-state index in [0.29, 0.717) is 23.2 Å².